The van der Waals surface area contributed by atoms with E-state index in [1.807, 2.05) is 0 Å². The third-order valence-corrected chi connectivity index (χ3v) is 3.67. The summed E-state index contributed by atoms with van der Waals surface area (Å²) in [6, 6.07) is 0. The highest BCUT2D eigenvalue weighted by atomic mass is 16.5. The zero-order valence-electron chi connectivity index (χ0n) is 7.77. The van der Waals surface area contributed by atoms with Crippen molar-refractivity contribution in [2.45, 2.75) is 19.3 Å². The molecule has 2 aliphatic rings. The van der Waals surface area contributed by atoms with Crippen LogP contribution in [0.4, 0.5) is 0 Å². The fraction of sp³-hybridized carbons (Fsp3) is 0.778. The van der Waals surface area contributed by atoms with Crippen molar-refractivity contribution >= 4 is 11.8 Å². The highest BCUT2D eigenvalue weighted by Crippen LogP contribution is 2.51. The molecule has 14 heavy (non-hydrogen) atoms. The van der Waals surface area contributed by atoms with E-state index in [-0.39, 0.29) is 35.5 Å². The van der Waals surface area contributed by atoms with Gasteiger partial charge in [0.05, 0.1) is 0 Å². The minimum atomic E-state index is -0.319. The monoisotopic (exact) mass is 198 g/mol. The lowest BCUT2D eigenvalue weighted by Gasteiger charge is -2.24. The quantitative estimate of drug-likeness (QED) is 0.418. The normalized spacial score (nSPS) is 39.8. The van der Waals surface area contributed by atoms with Gasteiger partial charge in [-0.1, -0.05) is 0 Å². The van der Waals surface area contributed by atoms with Crippen LogP contribution in [0.25, 0.3) is 0 Å². The van der Waals surface area contributed by atoms with E-state index in [4.69, 9.17) is 10.9 Å². The molecule has 4 N–H and O–H groups in total. The van der Waals surface area contributed by atoms with Gasteiger partial charge < -0.3 is 5.73 Å². The Kier molecular flexibility index (Phi) is 2.19. The van der Waals surface area contributed by atoms with Crippen LogP contribution in [0, 0.1) is 23.7 Å². The second-order valence-corrected chi connectivity index (χ2v) is 4.32. The minimum absolute atomic E-state index is 0.0530. The Balaban J connectivity index is 2.03. The Morgan fingerprint density at radius 3 is 2.14 bits per heavy atom. The van der Waals surface area contributed by atoms with Gasteiger partial charge in [0.1, 0.15) is 0 Å². The van der Waals surface area contributed by atoms with E-state index in [9.17, 15) is 9.59 Å². The van der Waals surface area contributed by atoms with Crippen LogP contribution < -0.4 is 11.2 Å². The second kappa shape index (κ2) is 3.24. The molecule has 2 saturated carbocycles. The Labute approximate surface area is 81.6 Å². The molecule has 0 aromatic rings. The number of hydroxylamine groups is 1. The van der Waals surface area contributed by atoms with Crippen LogP contribution in [0.3, 0.4) is 0 Å². The van der Waals surface area contributed by atoms with Gasteiger partial charge in [0, 0.05) is 11.8 Å². The number of rotatable bonds is 2. The maximum absolute atomic E-state index is 11.2. The summed E-state index contributed by atoms with van der Waals surface area (Å²) in [5, 5.41) is 8.51. The van der Waals surface area contributed by atoms with Crippen LogP contribution in [0.1, 0.15) is 19.3 Å². The lowest BCUT2D eigenvalue weighted by molar-refractivity contribution is -0.136. The van der Waals surface area contributed by atoms with Crippen molar-refractivity contribution in [3.63, 3.8) is 0 Å². The number of nitrogens with two attached hydrogens (primary N) is 1. The van der Waals surface area contributed by atoms with E-state index in [0.29, 0.717) is 12.8 Å². The molecule has 4 atom stereocenters. The predicted molar refractivity (Wildman–Crippen MR) is 46.9 cm³/mol. The van der Waals surface area contributed by atoms with E-state index >= 15 is 0 Å². The molecule has 5 heteroatoms. The molecule has 2 bridgehead atoms. The number of hydrogen-bond donors (Lipinski definition) is 3. The topological polar surface area (TPSA) is 92.4 Å². The van der Waals surface area contributed by atoms with Crippen LogP contribution in [0.2, 0.25) is 0 Å². The highest BCUT2D eigenvalue weighted by Gasteiger charge is 2.50. The summed E-state index contributed by atoms with van der Waals surface area (Å²) in [6.07, 6.45) is 2.29. The Bertz CT molecular complexity index is 279. The number of nitrogens with one attached hydrogen (secondary N) is 1. The molecule has 2 amide bonds. The van der Waals surface area contributed by atoms with Crippen LogP contribution in [0.15, 0.2) is 0 Å². The summed E-state index contributed by atoms with van der Waals surface area (Å²) < 4.78 is 0. The molecule has 2 fully saturated rings. The molecule has 0 spiro atoms. The molecule has 0 aliphatic heterocycles. The number of fused-ring (bicyclic) bond motifs is 2. The first-order valence-corrected chi connectivity index (χ1v) is 4.86. The Morgan fingerprint density at radius 1 is 1.14 bits per heavy atom. The summed E-state index contributed by atoms with van der Waals surface area (Å²) in [7, 11) is 0. The lowest BCUT2D eigenvalue weighted by atomic mass is 9.81. The van der Waals surface area contributed by atoms with Gasteiger partial charge in [-0.15, -0.1) is 0 Å². The number of carbonyl (C=O) groups is 2. The third kappa shape index (κ3) is 1.28. The van der Waals surface area contributed by atoms with Gasteiger partial charge in [-0.3, -0.25) is 14.8 Å². The van der Waals surface area contributed by atoms with Gasteiger partial charge in [0.25, 0.3) is 0 Å². The lowest BCUT2D eigenvalue weighted by Crippen LogP contribution is -2.36. The van der Waals surface area contributed by atoms with E-state index in [2.05, 4.69) is 0 Å². The molecular weight excluding hydrogens is 184 g/mol. The summed E-state index contributed by atoms with van der Waals surface area (Å²) in [5.74, 6) is -0.270. The van der Waals surface area contributed by atoms with Crippen LogP contribution in [-0.4, -0.2) is 17.0 Å². The summed E-state index contributed by atoms with van der Waals surface area (Å²) in [4.78, 5) is 22.2. The van der Waals surface area contributed by atoms with E-state index in [0.717, 1.165) is 6.42 Å². The van der Waals surface area contributed by atoms with Crippen LogP contribution in [0.5, 0.6) is 0 Å². The number of carbonyl (C=O) groups excluding carboxylic acids is 2. The first-order chi connectivity index (χ1) is 6.63. The van der Waals surface area contributed by atoms with Crippen LogP contribution >= 0.6 is 0 Å². The first-order valence-electron chi connectivity index (χ1n) is 4.86. The standard InChI is InChI=1S/C9H14N2O3/c10-8(12)6-2-5-1-4(6)3-7(5)9(13)11-14/h4-7,14H,1-3H2,(H2,10,12)(H,11,13). The molecule has 0 saturated heterocycles. The van der Waals surface area contributed by atoms with Crippen LogP contribution in [-0.2, 0) is 9.59 Å². The average molecular weight is 198 g/mol. The van der Waals surface area contributed by atoms with Crippen molar-refractivity contribution in [2.24, 2.45) is 29.4 Å². The largest absolute Gasteiger partial charge is 0.369 e. The zero-order chi connectivity index (χ0) is 10.3. The fourth-order valence-corrected chi connectivity index (χ4v) is 3.03. The van der Waals surface area contributed by atoms with Crippen molar-refractivity contribution < 1.29 is 14.8 Å². The van der Waals surface area contributed by atoms with Gasteiger partial charge in [-0.05, 0) is 31.1 Å². The molecule has 78 valence electrons. The molecule has 0 heterocycles. The average Bonchev–Trinajstić information content (AvgIpc) is 2.74. The van der Waals surface area contributed by atoms with Gasteiger partial charge in [0.15, 0.2) is 0 Å². The number of hydrogen-bond acceptors (Lipinski definition) is 3. The van der Waals surface area contributed by atoms with Crippen molar-refractivity contribution in [3.05, 3.63) is 0 Å². The van der Waals surface area contributed by atoms with E-state index in [1.54, 1.807) is 5.48 Å². The first kappa shape index (κ1) is 9.45. The van der Waals surface area contributed by atoms with Crippen molar-refractivity contribution in [3.8, 4) is 0 Å². The predicted octanol–water partition coefficient (Wildman–Crippen LogP) is -0.361. The smallest absolute Gasteiger partial charge is 0.246 e. The Hall–Kier alpha value is -1.10. The molecule has 0 radical (unpaired) electrons. The molecular formula is C9H14N2O3. The summed E-state index contributed by atoms with van der Waals surface area (Å²) >= 11 is 0. The van der Waals surface area contributed by atoms with Gasteiger partial charge in [0.2, 0.25) is 11.8 Å². The van der Waals surface area contributed by atoms with Crippen molar-refractivity contribution in [1.82, 2.24) is 5.48 Å². The molecule has 2 rings (SSSR count). The van der Waals surface area contributed by atoms with E-state index in [1.165, 1.54) is 0 Å². The molecule has 4 unspecified atom stereocenters. The summed E-state index contributed by atoms with van der Waals surface area (Å²) in [5.41, 5.74) is 6.93. The maximum Gasteiger partial charge on any atom is 0.246 e. The highest BCUT2D eigenvalue weighted by molar-refractivity contribution is 5.81. The van der Waals surface area contributed by atoms with Crippen molar-refractivity contribution in [2.75, 3.05) is 0 Å². The van der Waals surface area contributed by atoms with E-state index < -0.39 is 0 Å². The second-order valence-electron chi connectivity index (χ2n) is 4.32. The minimum Gasteiger partial charge on any atom is -0.369 e. The third-order valence-electron chi connectivity index (χ3n) is 3.67. The van der Waals surface area contributed by atoms with Gasteiger partial charge in [-0.25, -0.2) is 5.48 Å². The molecule has 2 aliphatic carbocycles. The number of primary amides is 1. The summed E-state index contributed by atoms with van der Waals surface area (Å²) in [6.45, 7) is 0. The van der Waals surface area contributed by atoms with Crippen molar-refractivity contribution in [1.29, 1.82) is 0 Å². The van der Waals surface area contributed by atoms with Gasteiger partial charge >= 0.3 is 0 Å². The molecule has 5 nitrogen and oxygen atoms in total. The number of amides is 2. The fourth-order valence-electron chi connectivity index (χ4n) is 3.03. The zero-order valence-corrected chi connectivity index (χ0v) is 7.77. The Morgan fingerprint density at radius 2 is 1.71 bits per heavy atom. The maximum atomic E-state index is 11.2. The van der Waals surface area contributed by atoms with Gasteiger partial charge in [-0.2, -0.15) is 0 Å². The molecule has 0 aromatic carbocycles. The molecule has 0 aromatic heterocycles. The SMILES string of the molecule is NC(=O)C1CC2CC1CC2C(=O)NO.